The normalized spacial score (nSPS) is 19.3. The van der Waals surface area contributed by atoms with Crippen LogP contribution in [0, 0.1) is 0 Å². The standard InChI is InChI=1S/C15H21BrN4O2/c1-9(21)19(2)11-5-7-20(8-6-11)15(22)14-12(16)13(17-18-14)10-3-4-10/h10-11H,3-8H2,1-2H3,(H,17,18). The van der Waals surface area contributed by atoms with Gasteiger partial charge in [0, 0.05) is 39.0 Å². The molecule has 1 aliphatic heterocycles. The van der Waals surface area contributed by atoms with E-state index in [9.17, 15) is 9.59 Å². The minimum atomic E-state index is -0.0287. The third-order valence-corrected chi connectivity index (χ3v) is 5.52. The maximum Gasteiger partial charge on any atom is 0.275 e. The lowest BCUT2D eigenvalue weighted by Gasteiger charge is -2.36. The average molecular weight is 369 g/mol. The van der Waals surface area contributed by atoms with Crippen LogP contribution >= 0.6 is 15.9 Å². The van der Waals surface area contributed by atoms with Crippen LogP contribution in [0.2, 0.25) is 0 Å². The maximum atomic E-state index is 12.6. The van der Waals surface area contributed by atoms with Gasteiger partial charge in [0.1, 0.15) is 0 Å². The van der Waals surface area contributed by atoms with Crippen molar-refractivity contribution in [3.8, 4) is 0 Å². The van der Waals surface area contributed by atoms with Gasteiger partial charge in [-0.2, -0.15) is 5.10 Å². The molecule has 22 heavy (non-hydrogen) atoms. The topological polar surface area (TPSA) is 69.3 Å². The lowest BCUT2D eigenvalue weighted by Crippen LogP contribution is -2.46. The molecule has 1 aromatic heterocycles. The van der Waals surface area contributed by atoms with E-state index in [-0.39, 0.29) is 17.9 Å². The maximum absolute atomic E-state index is 12.6. The van der Waals surface area contributed by atoms with Crippen molar-refractivity contribution in [3.05, 3.63) is 15.9 Å². The van der Waals surface area contributed by atoms with Crippen molar-refractivity contribution in [1.82, 2.24) is 20.0 Å². The largest absolute Gasteiger partial charge is 0.343 e. The number of piperidine rings is 1. The van der Waals surface area contributed by atoms with Gasteiger partial charge in [-0.25, -0.2) is 0 Å². The predicted octanol–water partition coefficient (Wildman–Crippen LogP) is 2.13. The van der Waals surface area contributed by atoms with Gasteiger partial charge >= 0.3 is 0 Å². The smallest absolute Gasteiger partial charge is 0.275 e. The predicted molar refractivity (Wildman–Crippen MR) is 85.6 cm³/mol. The SMILES string of the molecule is CC(=O)N(C)C1CCN(C(=O)c2n[nH]c(C3CC3)c2Br)CC1. The van der Waals surface area contributed by atoms with Crippen molar-refractivity contribution in [2.24, 2.45) is 0 Å². The molecule has 2 amide bonds. The molecular formula is C15H21BrN4O2. The second-order valence-corrected chi connectivity index (χ2v) is 7.02. The van der Waals surface area contributed by atoms with Gasteiger partial charge in [0.05, 0.1) is 10.2 Å². The fraction of sp³-hybridized carbons (Fsp3) is 0.667. The molecule has 6 nitrogen and oxygen atoms in total. The summed E-state index contributed by atoms with van der Waals surface area (Å²) in [6.45, 7) is 2.91. The van der Waals surface area contributed by atoms with Crippen molar-refractivity contribution < 1.29 is 9.59 Å². The highest BCUT2D eigenvalue weighted by atomic mass is 79.9. The zero-order valence-electron chi connectivity index (χ0n) is 12.9. The number of carbonyl (C=O) groups excluding carboxylic acids is 2. The Labute approximate surface area is 138 Å². The molecule has 1 aromatic rings. The van der Waals surface area contributed by atoms with Crippen LogP contribution in [-0.4, -0.2) is 58.0 Å². The van der Waals surface area contributed by atoms with Gasteiger partial charge in [0.25, 0.3) is 5.91 Å². The number of amides is 2. The lowest BCUT2D eigenvalue weighted by molar-refractivity contribution is -0.130. The monoisotopic (exact) mass is 368 g/mol. The Kier molecular flexibility index (Phi) is 4.25. The molecule has 0 radical (unpaired) electrons. The Morgan fingerprint density at radius 3 is 2.45 bits per heavy atom. The van der Waals surface area contributed by atoms with Crippen molar-refractivity contribution in [3.63, 3.8) is 0 Å². The van der Waals surface area contributed by atoms with E-state index < -0.39 is 0 Å². The van der Waals surface area contributed by atoms with Gasteiger partial charge in [-0.05, 0) is 41.6 Å². The second kappa shape index (κ2) is 6.02. The molecule has 2 aliphatic rings. The van der Waals surface area contributed by atoms with Crippen LogP contribution in [0.3, 0.4) is 0 Å². The molecule has 0 bridgehead atoms. The van der Waals surface area contributed by atoms with Gasteiger partial charge in [-0.3, -0.25) is 14.7 Å². The van der Waals surface area contributed by atoms with Gasteiger partial charge in [0.2, 0.25) is 5.91 Å². The van der Waals surface area contributed by atoms with Gasteiger partial charge in [0.15, 0.2) is 5.69 Å². The van der Waals surface area contributed by atoms with Crippen LogP contribution in [0.5, 0.6) is 0 Å². The van der Waals surface area contributed by atoms with E-state index in [0.29, 0.717) is 24.7 Å². The highest BCUT2D eigenvalue weighted by Gasteiger charge is 2.33. The molecule has 0 spiro atoms. The van der Waals surface area contributed by atoms with E-state index in [2.05, 4.69) is 26.1 Å². The number of nitrogens with zero attached hydrogens (tertiary/aromatic N) is 3. The Hall–Kier alpha value is -1.37. The fourth-order valence-electron chi connectivity index (χ4n) is 2.99. The molecule has 0 aromatic carbocycles. The fourth-order valence-corrected chi connectivity index (χ4v) is 3.66. The molecule has 7 heteroatoms. The molecule has 2 fully saturated rings. The first-order chi connectivity index (χ1) is 10.5. The van der Waals surface area contributed by atoms with Crippen molar-refractivity contribution in [2.45, 2.75) is 44.6 Å². The molecule has 1 N–H and O–H groups in total. The molecular weight excluding hydrogens is 348 g/mol. The van der Waals surface area contributed by atoms with Crippen LogP contribution in [-0.2, 0) is 4.79 Å². The first-order valence-corrected chi connectivity index (χ1v) is 8.54. The van der Waals surface area contributed by atoms with Crippen LogP contribution in [0.25, 0.3) is 0 Å². The Bertz CT molecular complexity index is 588. The second-order valence-electron chi connectivity index (χ2n) is 6.23. The summed E-state index contributed by atoms with van der Waals surface area (Å²) in [5.74, 6) is 0.575. The number of hydrogen-bond donors (Lipinski definition) is 1. The van der Waals surface area contributed by atoms with E-state index in [1.807, 2.05) is 11.9 Å². The molecule has 0 atom stereocenters. The Morgan fingerprint density at radius 1 is 1.27 bits per heavy atom. The van der Waals surface area contributed by atoms with Crippen molar-refractivity contribution in [2.75, 3.05) is 20.1 Å². The molecule has 120 valence electrons. The number of halogens is 1. The summed E-state index contributed by atoms with van der Waals surface area (Å²) in [5.41, 5.74) is 1.54. The summed E-state index contributed by atoms with van der Waals surface area (Å²) in [5, 5.41) is 7.21. The number of H-pyrrole nitrogens is 1. The number of aromatic amines is 1. The molecule has 0 unspecified atom stereocenters. The Morgan fingerprint density at radius 2 is 1.91 bits per heavy atom. The number of aromatic nitrogens is 2. The quantitative estimate of drug-likeness (QED) is 0.888. The summed E-state index contributed by atoms with van der Waals surface area (Å²) in [6, 6.07) is 0.228. The number of nitrogens with one attached hydrogen (secondary N) is 1. The summed E-state index contributed by atoms with van der Waals surface area (Å²) in [4.78, 5) is 27.7. The van der Waals surface area contributed by atoms with E-state index in [1.54, 1.807) is 11.8 Å². The zero-order valence-corrected chi connectivity index (χ0v) is 14.5. The van der Waals surface area contributed by atoms with Gasteiger partial charge in [-0.15, -0.1) is 0 Å². The molecule has 1 aliphatic carbocycles. The summed E-state index contributed by atoms with van der Waals surface area (Å²) in [7, 11) is 1.83. The van der Waals surface area contributed by atoms with E-state index in [1.165, 1.54) is 0 Å². The van der Waals surface area contributed by atoms with Crippen LogP contribution in [0.1, 0.15) is 54.7 Å². The Balaban J connectivity index is 1.63. The zero-order chi connectivity index (χ0) is 15.9. The highest BCUT2D eigenvalue weighted by Crippen LogP contribution is 2.43. The van der Waals surface area contributed by atoms with E-state index in [4.69, 9.17) is 0 Å². The number of likely N-dealkylation sites (tertiary alicyclic amines) is 1. The first-order valence-electron chi connectivity index (χ1n) is 7.75. The van der Waals surface area contributed by atoms with E-state index in [0.717, 1.165) is 35.8 Å². The summed E-state index contributed by atoms with van der Waals surface area (Å²) < 4.78 is 0.822. The summed E-state index contributed by atoms with van der Waals surface area (Å²) >= 11 is 3.52. The molecule has 2 heterocycles. The average Bonchev–Trinajstić information content (AvgIpc) is 3.29. The third-order valence-electron chi connectivity index (χ3n) is 4.72. The number of rotatable bonds is 3. The highest BCUT2D eigenvalue weighted by molar-refractivity contribution is 9.10. The van der Waals surface area contributed by atoms with Crippen molar-refractivity contribution >= 4 is 27.7 Å². The number of carbonyl (C=O) groups is 2. The molecule has 3 rings (SSSR count). The van der Waals surface area contributed by atoms with Gasteiger partial charge in [-0.1, -0.05) is 0 Å². The van der Waals surface area contributed by atoms with Crippen LogP contribution in [0.15, 0.2) is 4.47 Å². The summed E-state index contributed by atoms with van der Waals surface area (Å²) in [6.07, 6.45) is 3.97. The lowest BCUT2D eigenvalue weighted by atomic mass is 10.0. The van der Waals surface area contributed by atoms with E-state index >= 15 is 0 Å². The molecule has 1 saturated carbocycles. The minimum absolute atomic E-state index is 0.0287. The van der Waals surface area contributed by atoms with Gasteiger partial charge < -0.3 is 9.80 Å². The third kappa shape index (κ3) is 2.91. The first kappa shape index (κ1) is 15.5. The molecule has 1 saturated heterocycles. The number of hydrogen-bond acceptors (Lipinski definition) is 3. The van der Waals surface area contributed by atoms with Crippen LogP contribution < -0.4 is 0 Å². The minimum Gasteiger partial charge on any atom is -0.343 e. The van der Waals surface area contributed by atoms with Crippen LogP contribution in [0.4, 0.5) is 0 Å². The van der Waals surface area contributed by atoms with Crippen molar-refractivity contribution in [1.29, 1.82) is 0 Å².